The Kier molecular flexibility index (Phi) is 3.97. The van der Waals surface area contributed by atoms with Crippen LogP contribution in [0.3, 0.4) is 0 Å². The van der Waals surface area contributed by atoms with Crippen LogP contribution in [-0.4, -0.2) is 27.1 Å². The molecule has 0 aliphatic heterocycles. The van der Waals surface area contributed by atoms with Gasteiger partial charge in [-0.05, 0) is 0 Å². The third kappa shape index (κ3) is 3.09. The van der Waals surface area contributed by atoms with Crippen LogP contribution in [0.4, 0.5) is 0 Å². The molecule has 0 spiro atoms. The molecule has 0 aliphatic carbocycles. The van der Waals surface area contributed by atoms with Gasteiger partial charge in [-0.1, -0.05) is 0 Å². The zero-order chi connectivity index (χ0) is 11.2. The molecule has 2 aromatic rings. The standard InChI is InChI=1S/C13H13NOSe/c1-15-12-8-5-9-13(14-12)16-10-11-6-3-2-4-7-11/h2-9H,10H2,1H3. The number of rotatable bonds is 4. The Morgan fingerprint density at radius 3 is 2.62 bits per heavy atom. The molecule has 0 saturated heterocycles. The fourth-order valence-electron chi connectivity index (χ4n) is 1.32. The summed E-state index contributed by atoms with van der Waals surface area (Å²) in [5.41, 5.74) is 1.37. The van der Waals surface area contributed by atoms with E-state index in [1.807, 2.05) is 18.2 Å². The topological polar surface area (TPSA) is 22.1 Å². The quantitative estimate of drug-likeness (QED) is 0.793. The molecule has 2 rings (SSSR count). The Hall–Kier alpha value is -1.31. The Bertz CT molecular complexity index is 445. The predicted octanol–water partition coefficient (Wildman–Crippen LogP) is 1.62. The van der Waals surface area contributed by atoms with Gasteiger partial charge in [0.15, 0.2) is 0 Å². The van der Waals surface area contributed by atoms with Gasteiger partial charge in [-0.2, -0.15) is 0 Å². The molecule has 0 amide bonds. The second-order valence-electron chi connectivity index (χ2n) is 3.29. The van der Waals surface area contributed by atoms with Crippen molar-refractivity contribution in [2.75, 3.05) is 7.11 Å². The average Bonchev–Trinajstić information content (AvgIpc) is 2.38. The molecule has 0 radical (unpaired) electrons. The van der Waals surface area contributed by atoms with Crippen LogP contribution in [0.15, 0.2) is 48.5 Å². The molecule has 3 heteroatoms. The van der Waals surface area contributed by atoms with Gasteiger partial charge in [-0.15, -0.1) is 0 Å². The third-order valence-electron chi connectivity index (χ3n) is 2.14. The summed E-state index contributed by atoms with van der Waals surface area (Å²) in [5, 5.41) is 1.08. The maximum atomic E-state index is 5.11. The molecule has 0 bridgehead atoms. The molecular weight excluding hydrogens is 265 g/mol. The van der Waals surface area contributed by atoms with Crippen LogP contribution in [0, 0.1) is 0 Å². The van der Waals surface area contributed by atoms with Crippen molar-refractivity contribution in [3.8, 4) is 5.88 Å². The molecule has 2 nitrogen and oxygen atoms in total. The molecule has 0 unspecified atom stereocenters. The van der Waals surface area contributed by atoms with Gasteiger partial charge < -0.3 is 0 Å². The van der Waals surface area contributed by atoms with E-state index in [4.69, 9.17) is 4.74 Å². The van der Waals surface area contributed by atoms with E-state index in [0.29, 0.717) is 20.8 Å². The molecule has 0 atom stereocenters. The number of ether oxygens (including phenoxy) is 1. The van der Waals surface area contributed by atoms with Crippen molar-refractivity contribution < 1.29 is 4.74 Å². The first kappa shape index (κ1) is 11.2. The number of hydrogen-bond acceptors (Lipinski definition) is 2. The summed E-state index contributed by atoms with van der Waals surface area (Å²) in [6, 6.07) is 16.4. The van der Waals surface area contributed by atoms with E-state index in [9.17, 15) is 0 Å². The summed E-state index contributed by atoms with van der Waals surface area (Å²) in [5.74, 6) is 0.701. The van der Waals surface area contributed by atoms with Crippen LogP contribution in [0.1, 0.15) is 5.56 Å². The fourth-order valence-corrected chi connectivity index (χ4v) is 3.08. The van der Waals surface area contributed by atoms with Gasteiger partial charge in [-0.25, -0.2) is 0 Å². The van der Waals surface area contributed by atoms with Crippen molar-refractivity contribution in [2.24, 2.45) is 0 Å². The molecule has 1 heterocycles. The number of methoxy groups -OCH3 is 1. The Labute approximate surface area is 102 Å². The number of hydrogen-bond donors (Lipinski definition) is 0. The summed E-state index contributed by atoms with van der Waals surface area (Å²) >= 11 is 0.371. The Balaban J connectivity index is 1.99. The van der Waals surface area contributed by atoms with Crippen LogP contribution in [0.5, 0.6) is 5.88 Å². The van der Waals surface area contributed by atoms with Gasteiger partial charge in [-0.3, -0.25) is 0 Å². The first-order valence-corrected chi connectivity index (χ1v) is 7.13. The van der Waals surface area contributed by atoms with Crippen LogP contribution >= 0.6 is 0 Å². The van der Waals surface area contributed by atoms with Crippen LogP contribution in [-0.2, 0) is 5.32 Å². The second kappa shape index (κ2) is 5.69. The molecule has 16 heavy (non-hydrogen) atoms. The predicted molar refractivity (Wildman–Crippen MR) is 66.3 cm³/mol. The van der Waals surface area contributed by atoms with Crippen LogP contribution in [0.2, 0.25) is 0 Å². The number of nitrogens with zero attached hydrogens (tertiary/aromatic N) is 1. The minimum atomic E-state index is 0.371. The third-order valence-corrected chi connectivity index (χ3v) is 4.24. The molecular formula is C13H13NOSe. The number of aromatic nitrogens is 1. The van der Waals surface area contributed by atoms with E-state index in [-0.39, 0.29) is 0 Å². The first-order valence-electron chi connectivity index (χ1n) is 5.06. The van der Waals surface area contributed by atoms with E-state index in [2.05, 4.69) is 35.3 Å². The molecule has 0 N–H and O–H groups in total. The van der Waals surface area contributed by atoms with E-state index < -0.39 is 0 Å². The summed E-state index contributed by atoms with van der Waals surface area (Å²) in [4.78, 5) is 4.41. The van der Waals surface area contributed by atoms with Crippen molar-refractivity contribution >= 4 is 19.5 Å². The van der Waals surface area contributed by atoms with Crippen LogP contribution < -0.4 is 9.33 Å². The van der Waals surface area contributed by atoms with Crippen LogP contribution in [0.25, 0.3) is 0 Å². The van der Waals surface area contributed by atoms with Crippen molar-refractivity contribution in [2.45, 2.75) is 5.32 Å². The van der Waals surface area contributed by atoms with Gasteiger partial charge in [0, 0.05) is 0 Å². The summed E-state index contributed by atoms with van der Waals surface area (Å²) in [6.45, 7) is 0. The molecule has 0 fully saturated rings. The molecule has 0 aliphatic rings. The molecule has 1 aromatic carbocycles. The summed E-state index contributed by atoms with van der Waals surface area (Å²) in [7, 11) is 1.65. The molecule has 1 aromatic heterocycles. The maximum absolute atomic E-state index is 5.11. The van der Waals surface area contributed by atoms with Gasteiger partial charge in [0.1, 0.15) is 0 Å². The SMILES string of the molecule is COc1cccc([Se]Cc2ccccc2)n1. The normalized spacial score (nSPS) is 10.1. The molecule has 0 saturated carbocycles. The fraction of sp³-hybridized carbons (Fsp3) is 0.154. The average molecular weight is 278 g/mol. The van der Waals surface area contributed by atoms with E-state index in [1.165, 1.54) is 5.56 Å². The summed E-state index contributed by atoms with van der Waals surface area (Å²) in [6.07, 6.45) is 0. The van der Waals surface area contributed by atoms with E-state index >= 15 is 0 Å². The molecule has 82 valence electrons. The van der Waals surface area contributed by atoms with Crippen molar-refractivity contribution in [1.29, 1.82) is 0 Å². The van der Waals surface area contributed by atoms with Crippen molar-refractivity contribution in [3.05, 3.63) is 54.1 Å². The van der Waals surface area contributed by atoms with Crippen molar-refractivity contribution in [1.82, 2.24) is 4.98 Å². The van der Waals surface area contributed by atoms with Gasteiger partial charge >= 0.3 is 102 Å². The minimum absolute atomic E-state index is 0.371. The summed E-state index contributed by atoms with van der Waals surface area (Å²) < 4.78 is 6.24. The number of benzene rings is 1. The Morgan fingerprint density at radius 2 is 1.88 bits per heavy atom. The van der Waals surface area contributed by atoms with Gasteiger partial charge in [0.2, 0.25) is 0 Å². The second-order valence-corrected chi connectivity index (χ2v) is 5.38. The monoisotopic (exact) mass is 279 g/mol. The number of pyridine rings is 1. The van der Waals surface area contributed by atoms with Gasteiger partial charge in [0.25, 0.3) is 0 Å². The zero-order valence-electron chi connectivity index (χ0n) is 9.09. The first-order chi connectivity index (χ1) is 7.88. The van der Waals surface area contributed by atoms with Gasteiger partial charge in [0.05, 0.1) is 0 Å². The van der Waals surface area contributed by atoms with Crippen molar-refractivity contribution in [3.63, 3.8) is 0 Å². The Morgan fingerprint density at radius 1 is 1.06 bits per heavy atom. The van der Waals surface area contributed by atoms with E-state index in [1.54, 1.807) is 7.11 Å². The zero-order valence-corrected chi connectivity index (χ0v) is 10.8. The van der Waals surface area contributed by atoms with E-state index in [0.717, 1.165) is 9.91 Å².